The average Bonchev–Trinajstić information content (AvgIpc) is 2.84. The van der Waals surface area contributed by atoms with Crippen LogP contribution in [0.5, 0.6) is 0 Å². The predicted molar refractivity (Wildman–Crippen MR) is 66.6 cm³/mol. The highest BCUT2D eigenvalue weighted by molar-refractivity contribution is 7.09. The van der Waals surface area contributed by atoms with Gasteiger partial charge in [-0.3, -0.25) is 4.98 Å². The number of piperidine rings is 3. The Hall–Kier alpha value is -0.450. The van der Waals surface area contributed by atoms with E-state index in [1.807, 2.05) is 11.7 Å². The van der Waals surface area contributed by atoms with Crippen molar-refractivity contribution in [3.8, 4) is 0 Å². The summed E-state index contributed by atoms with van der Waals surface area (Å²) in [6.07, 6.45) is 4.75. The standard InChI is InChI=1S/C12H19N3S/c1-9(12-6-13-8-16-12)14-11-7-15-4-2-10(11)3-5-15/h6,8-11,14H,2-5,7H2,1H3. The van der Waals surface area contributed by atoms with Crippen LogP contribution in [0.1, 0.15) is 30.7 Å². The number of nitrogens with one attached hydrogen (secondary N) is 1. The molecule has 1 aromatic rings. The van der Waals surface area contributed by atoms with Gasteiger partial charge in [-0.25, -0.2) is 0 Å². The lowest BCUT2D eigenvalue weighted by Gasteiger charge is -2.45. The van der Waals surface area contributed by atoms with E-state index in [1.165, 1.54) is 37.4 Å². The lowest BCUT2D eigenvalue weighted by atomic mass is 9.83. The van der Waals surface area contributed by atoms with Crippen LogP contribution in [-0.2, 0) is 0 Å². The monoisotopic (exact) mass is 237 g/mol. The van der Waals surface area contributed by atoms with Gasteiger partial charge in [-0.05, 0) is 38.8 Å². The lowest BCUT2D eigenvalue weighted by molar-refractivity contribution is 0.0682. The molecule has 0 radical (unpaired) electrons. The molecule has 16 heavy (non-hydrogen) atoms. The highest BCUT2D eigenvalue weighted by Crippen LogP contribution is 2.29. The van der Waals surface area contributed by atoms with Gasteiger partial charge in [0.05, 0.1) is 5.51 Å². The molecular weight excluding hydrogens is 218 g/mol. The molecule has 0 spiro atoms. The van der Waals surface area contributed by atoms with Crippen molar-refractivity contribution < 1.29 is 0 Å². The van der Waals surface area contributed by atoms with E-state index >= 15 is 0 Å². The molecular formula is C12H19N3S. The number of hydrogen-bond donors (Lipinski definition) is 1. The van der Waals surface area contributed by atoms with Gasteiger partial charge in [-0.15, -0.1) is 11.3 Å². The molecule has 0 aliphatic carbocycles. The van der Waals surface area contributed by atoms with Crippen LogP contribution in [0, 0.1) is 5.92 Å². The first-order chi connectivity index (χ1) is 7.83. The van der Waals surface area contributed by atoms with Crippen molar-refractivity contribution in [2.24, 2.45) is 5.92 Å². The minimum atomic E-state index is 0.457. The van der Waals surface area contributed by atoms with Gasteiger partial charge in [-0.1, -0.05) is 0 Å². The van der Waals surface area contributed by atoms with Crippen LogP contribution in [0.15, 0.2) is 11.7 Å². The van der Waals surface area contributed by atoms with Crippen molar-refractivity contribution in [1.29, 1.82) is 0 Å². The first-order valence-electron chi connectivity index (χ1n) is 6.20. The number of fused-ring (bicyclic) bond motifs is 3. The van der Waals surface area contributed by atoms with E-state index in [9.17, 15) is 0 Å². The summed E-state index contributed by atoms with van der Waals surface area (Å²) in [4.78, 5) is 8.10. The highest BCUT2D eigenvalue weighted by atomic mass is 32.1. The molecule has 2 bridgehead atoms. The Morgan fingerprint density at radius 2 is 2.31 bits per heavy atom. The average molecular weight is 237 g/mol. The molecule has 4 rings (SSSR count). The molecule has 0 saturated carbocycles. The summed E-state index contributed by atoms with van der Waals surface area (Å²) in [5, 5.41) is 3.78. The van der Waals surface area contributed by atoms with Gasteiger partial charge in [0.1, 0.15) is 0 Å². The number of thiazole rings is 1. The van der Waals surface area contributed by atoms with Crippen molar-refractivity contribution in [3.63, 3.8) is 0 Å². The second-order valence-electron chi connectivity index (χ2n) is 5.04. The first-order valence-corrected chi connectivity index (χ1v) is 7.07. The summed E-state index contributed by atoms with van der Waals surface area (Å²) in [5.74, 6) is 0.903. The maximum absolute atomic E-state index is 4.15. The van der Waals surface area contributed by atoms with Crippen LogP contribution in [0.2, 0.25) is 0 Å². The van der Waals surface area contributed by atoms with Gasteiger partial charge >= 0.3 is 0 Å². The van der Waals surface area contributed by atoms with Crippen molar-refractivity contribution in [2.75, 3.05) is 19.6 Å². The molecule has 0 amide bonds. The van der Waals surface area contributed by atoms with Crippen LogP contribution in [0.4, 0.5) is 0 Å². The molecule has 0 aromatic carbocycles. The summed E-state index contributed by atoms with van der Waals surface area (Å²) in [6.45, 7) is 6.13. The van der Waals surface area contributed by atoms with E-state index in [2.05, 4.69) is 22.1 Å². The molecule has 3 aliphatic rings. The third kappa shape index (κ3) is 2.01. The summed E-state index contributed by atoms with van der Waals surface area (Å²) in [6, 6.07) is 1.15. The van der Waals surface area contributed by atoms with E-state index in [1.54, 1.807) is 11.3 Å². The Balaban J connectivity index is 1.62. The van der Waals surface area contributed by atoms with Crippen LogP contribution < -0.4 is 5.32 Å². The van der Waals surface area contributed by atoms with Crippen LogP contribution >= 0.6 is 11.3 Å². The minimum absolute atomic E-state index is 0.457. The van der Waals surface area contributed by atoms with E-state index in [0.29, 0.717) is 12.1 Å². The number of nitrogens with zero attached hydrogens (tertiary/aromatic N) is 2. The fourth-order valence-electron chi connectivity index (χ4n) is 3.00. The number of aromatic nitrogens is 1. The van der Waals surface area contributed by atoms with E-state index in [4.69, 9.17) is 0 Å². The van der Waals surface area contributed by atoms with E-state index in [0.717, 1.165) is 5.92 Å². The predicted octanol–water partition coefficient (Wildman–Crippen LogP) is 1.89. The molecule has 88 valence electrons. The highest BCUT2D eigenvalue weighted by Gasteiger charge is 2.34. The van der Waals surface area contributed by atoms with Gasteiger partial charge < -0.3 is 10.2 Å². The topological polar surface area (TPSA) is 28.2 Å². The molecule has 3 fully saturated rings. The molecule has 4 heterocycles. The van der Waals surface area contributed by atoms with Gasteiger partial charge in [0.15, 0.2) is 0 Å². The smallest absolute Gasteiger partial charge is 0.0794 e. The Kier molecular flexibility index (Phi) is 2.96. The zero-order chi connectivity index (χ0) is 11.0. The molecule has 2 atom stereocenters. The SMILES string of the molecule is CC(NC1CN2CCC1CC2)c1cncs1. The molecule has 2 unspecified atom stereocenters. The zero-order valence-corrected chi connectivity index (χ0v) is 10.5. The molecule has 3 saturated heterocycles. The first kappa shape index (κ1) is 10.7. The zero-order valence-electron chi connectivity index (χ0n) is 9.72. The van der Waals surface area contributed by atoms with Crippen LogP contribution in [0.25, 0.3) is 0 Å². The maximum atomic E-state index is 4.15. The Bertz CT molecular complexity index is 330. The van der Waals surface area contributed by atoms with Gasteiger partial charge in [-0.2, -0.15) is 0 Å². The second kappa shape index (κ2) is 4.43. The summed E-state index contributed by atoms with van der Waals surface area (Å²) >= 11 is 1.75. The number of rotatable bonds is 3. The minimum Gasteiger partial charge on any atom is -0.305 e. The number of hydrogen-bond acceptors (Lipinski definition) is 4. The Morgan fingerprint density at radius 3 is 2.88 bits per heavy atom. The summed E-state index contributed by atoms with van der Waals surface area (Å²) < 4.78 is 0. The third-order valence-corrected chi connectivity index (χ3v) is 4.96. The Morgan fingerprint density at radius 1 is 1.50 bits per heavy atom. The maximum Gasteiger partial charge on any atom is 0.0794 e. The molecule has 1 N–H and O–H groups in total. The molecule has 3 aliphatic heterocycles. The second-order valence-corrected chi connectivity index (χ2v) is 5.95. The van der Waals surface area contributed by atoms with Crippen molar-refractivity contribution in [1.82, 2.24) is 15.2 Å². The third-order valence-electron chi connectivity index (χ3n) is 4.00. The largest absolute Gasteiger partial charge is 0.305 e. The van der Waals surface area contributed by atoms with Crippen LogP contribution in [-0.4, -0.2) is 35.6 Å². The quantitative estimate of drug-likeness (QED) is 0.870. The molecule has 3 nitrogen and oxygen atoms in total. The summed E-state index contributed by atoms with van der Waals surface area (Å²) in [5.41, 5.74) is 1.92. The van der Waals surface area contributed by atoms with Crippen molar-refractivity contribution in [3.05, 3.63) is 16.6 Å². The fraction of sp³-hybridized carbons (Fsp3) is 0.750. The van der Waals surface area contributed by atoms with Gasteiger partial charge in [0, 0.05) is 29.7 Å². The molecule has 4 heteroatoms. The van der Waals surface area contributed by atoms with E-state index in [-0.39, 0.29) is 0 Å². The van der Waals surface area contributed by atoms with Gasteiger partial charge in [0.25, 0.3) is 0 Å². The summed E-state index contributed by atoms with van der Waals surface area (Å²) in [7, 11) is 0. The lowest BCUT2D eigenvalue weighted by Crippen LogP contribution is -2.56. The van der Waals surface area contributed by atoms with Crippen LogP contribution in [0.3, 0.4) is 0 Å². The fourth-order valence-corrected chi connectivity index (χ4v) is 3.63. The van der Waals surface area contributed by atoms with Crippen molar-refractivity contribution in [2.45, 2.75) is 31.8 Å². The van der Waals surface area contributed by atoms with E-state index < -0.39 is 0 Å². The Labute approximate surface area is 101 Å². The molecule has 1 aromatic heterocycles. The van der Waals surface area contributed by atoms with Crippen molar-refractivity contribution >= 4 is 11.3 Å². The van der Waals surface area contributed by atoms with Gasteiger partial charge in [0.2, 0.25) is 0 Å². The normalized spacial score (nSPS) is 35.2.